The van der Waals surface area contributed by atoms with Gasteiger partial charge in [0.25, 0.3) is 0 Å². The van der Waals surface area contributed by atoms with Crippen molar-refractivity contribution in [3.63, 3.8) is 0 Å². The van der Waals surface area contributed by atoms with Gasteiger partial charge in [-0.2, -0.15) is 0 Å². The molecule has 0 aliphatic rings. The lowest BCUT2D eigenvalue weighted by Gasteiger charge is -2.46. The molecule has 0 aliphatic heterocycles. The maximum atomic E-state index is 2.45. The van der Waals surface area contributed by atoms with Gasteiger partial charge in [-0.3, -0.25) is 0 Å². The van der Waals surface area contributed by atoms with E-state index in [1.807, 2.05) is 0 Å². The van der Waals surface area contributed by atoms with Crippen molar-refractivity contribution in [3.05, 3.63) is 0 Å². The summed E-state index contributed by atoms with van der Waals surface area (Å²) in [5, 5.41) is 0. The third kappa shape index (κ3) is 3.00. The molecule has 0 heterocycles. The van der Waals surface area contributed by atoms with E-state index in [1.54, 1.807) is 0 Å². The molecule has 0 nitrogen and oxygen atoms in total. The fourth-order valence-electron chi connectivity index (χ4n) is 2.41. The SMILES string of the molecule is CCCC(C)C(C)(C)C(C)(C)CCC. The molecule has 0 aliphatic carbocycles. The van der Waals surface area contributed by atoms with Gasteiger partial charge < -0.3 is 0 Å². The average molecular weight is 198 g/mol. The molecule has 0 saturated heterocycles. The van der Waals surface area contributed by atoms with Crippen molar-refractivity contribution in [1.82, 2.24) is 0 Å². The summed E-state index contributed by atoms with van der Waals surface area (Å²) in [5.41, 5.74) is 0.926. The number of hydrogen-bond acceptors (Lipinski definition) is 0. The molecule has 0 bridgehead atoms. The van der Waals surface area contributed by atoms with Crippen molar-refractivity contribution in [1.29, 1.82) is 0 Å². The Kier molecular flexibility index (Phi) is 5.19. The average Bonchev–Trinajstić information content (AvgIpc) is 2.04. The zero-order chi connectivity index (χ0) is 11.4. The molecular formula is C14H30. The number of rotatable bonds is 6. The van der Waals surface area contributed by atoms with Crippen LogP contribution in [0.1, 0.15) is 74.1 Å². The minimum Gasteiger partial charge on any atom is -0.0654 e. The van der Waals surface area contributed by atoms with Crippen molar-refractivity contribution in [3.8, 4) is 0 Å². The van der Waals surface area contributed by atoms with Gasteiger partial charge in [0.1, 0.15) is 0 Å². The second-order valence-corrected chi connectivity index (χ2v) is 6.05. The van der Waals surface area contributed by atoms with Gasteiger partial charge in [0.15, 0.2) is 0 Å². The minimum atomic E-state index is 0.457. The molecule has 0 heteroatoms. The third-order valence-electron chi connectivity index (χ3n) is 4.57. The van der Waals surface area contributed by atoms with Crippen molar-refractivity contribution in [2.75, 3.05) is 0 Å². The van der Waals surface area contributed by atoms with E-state index < -0.39 is 0 Å². The van der Waals surface area contributed by atoms with Gasteiger partial charge in [-0.05, 0) is 23.2 Å². The first-order valence-electron chi connectivity index (χ1n) is 6.29. The van der Waals surface area contributed by atoms with Gasteiger partial charge in [0.05, 0.1) is 0 Å². The van der Waals surface area contributed by atoms with Crippen LogP contribution in [0.3, 0.4) is 0 Å². The van der Waals surface area contributed by atoms with Crippen LogP contribution in [0.5, 0.6) is 0 Å². The fraction of sp³-hybridized carbons (Fsp3) is 1.00. The lowest BCUT2D eigenvalue weighted by Crippen LogP contribution is -2.38. The summed E-state index contributed by atoms with van der Waals surface area (Å²) in [7, 11) is 0. The molecule has 0 aromatic rings. The Morgan fingerprint density at radius 2 is 1.43 bits per heavy atom. The normalized spacial score (nSPS) is 15.6. The van der Waals surface area contributed by atoms with Gasteiger partial charge in [-0.1, -0.05) is 67.7 Å². The van der Waals surface area contributed by atoms with Gasteiger partial charge in [0, 0.05) is 0 Å². The van der Waals surface area contributed by atoms with Crippen LogP contribution < -0.4 is 0 Å². The molecule has 0 aromatic heterocycles. The van der Waals surface area contributed by atoms with Crippen LogP contribution >= 0.6 is 0 Å². The topological polar surface area (TPSA) is 0 Å². The van der Waals surface area contributed by atoms with Crippen LogP contribution in [0, 0.1) is 16.7 Å². The van der Waals surface area contributed by atoms with Crippen molar-refractivity contribution < 1.29 is 0 Å². The first-order valence-corrected chi connectivity index (χ1v) is 6.29. The molecule has 0 saturated carbocycles. The van der Waals surface area contributed by atoms with Crippen molar-refractivity contribution >= 4 is 0 Å². The van der Waals surface area contributed by atoms with Crippen molar-refractivity contribution in [2.24, 2.45) is 16.7 Å². The van der Waals surface area contributed by atoms with Crippen LogP contribution in [0.15, 0.2) is 0 Å². The molecule has 0 spiro atoms. The largest absolute Gasteiger partial charge is 0.0654 e. The summed E-state index contributed by atoms with van der Waals surface area (Å²) in [4.78, 5) is 0. The summed E-state index contributed by atoms with van der Waals surface area (Å²) in [6.07, 6.45) is 5.32. The molecular weight excluding hydrogens is 168 g/mol. The summed E-state index contributed by atoms with van der Waals surface area (Å²) < 4.78 is 0. The van der Waals surface area contributed by atoms with E-state index in [0.29, 0.717) is 10.8 Å². The maximum absolute atomic E-state index is 2.45. The highest BCUT2D eigenvalue weighted by molar-refractivity contribution is 4.89. The second kappa shape index (κ2) is 5.19. The predicted octanol–water partition coefficient (Wildman–Crippen LogP) is 5.28. The molecule has 0 radical (unpaired) electrons. The first-order chi connectivity index (χ1) is 6.29. The Balaban J connectivity index is 4.56. The zero-order valence-electron chi connectivity index (χ0n) is 11.4. The Hall–Kier alpha value is 0. The summed E-state index contributed by atoms with van der Waals surface area (Å²) >= 11 is 0. The molecule has 0 aromatic carbocycles. The molecule has 86 valence electrons. The monoisotopic (exact) mass is 198 g/mol. The van der Waals surface area contributed by atoms with Crippen LogP contribution in [0.2, 0.25) is 0 Å². The van der Waals surface area contributed by atoms with E-state index in [4.69, 9.17) is 0 Å². The summed E-state index contributed by atoms with van der Waals surface area (Å²) in [6.45, 7) is 16.8. The second-order valence-electron chi connectivity index (χ2n) is 6.05. The molecule has 14 heavy (non-hydrogen) atoms. The highest BCUT2D eigenvalue weighted by atomic mass is 14.4. The zero-order valence-corrected chi connectivity index (χ0v) is 11.4. The quantitative estimate of drug-likeness (QED) is 0.545. The third-order valence-corrected chi connectivity index (χ3v) is 4.57. The maximum Gasteiger partial charge on any atom is -0.0277 e. The Morgan fingerprint density at radius 3 is 1.79 bits per heavy atom. The predicted molar refractivity (Wildman–Crippen MR) is 66.5 cm³/mol. The molecule has 0 amide bonds. The van der Waals surface area contributed by atoms with E-state index in [2.05, 4.69) is 48.5 Å². The fourth-order valence-corrected chi connectivity index (χ4v) is 2.41. The van der Waals surface area contributed by atoms with Crippen molar-refractivity contribution in [2.45, 2.75) is 74.1 Å². The van der Waals surface area contributed by atoms with Gasteiger partial charge in [-0.25, -0.2) is 0 Å². The summed E-state index contributed by atoms with van der Waals surface area (Å²) in [6, 6.07) is 0. The Labute approximate surface area is 91.5 Å². The van der Waals surface area contributed by atoms with Crippen LogP contribution in [-0.4, -0.2) is 0 Å². The van der Waals surface area contributed by atoms with E-state index in [0.717, 1.165) is 5.92 Å². The van der Waals surface area contributed by atoms with Crippen LogP contribution in [0.25, 0.3) is 0 Å². The Bertz CT molecular complexity index is 153. The highest BCUT2D eigenvalue weighted by Crippen LogP contribution is 2.48. The van der Waals surface area contributed by atoms with E-state index in [1.165, 1.54) is 25.7 Å². The van der Waals surface area contributed by atoms with E-state index in [-0.39, 0.29) is 0 Å². The molecule has 0 rings (SSSR count). The highest BCUT2D eigenvalue weighted by Gasteiger charge is 2.39. The number of hydrogen-bond donors (Lipinski definition) is 0. The molecule has 0 fully saturated rings. The molecule has 0 N–H and O–H groups in total. The minimum absolute atomic E-state index is 0.457. The van der Waals surface area contributed by atoms with Gasteiger partial charge in [0.2, 0.25) is 0 Å². The van der Waals surface area contributed by atoms with Gasteiger partial charge in [-0.15, -0.1) is 0 Å². The van der Waals surface area contributed by atoms with Crippen LogP contribution in [-0.2, 0) is 0 Å². The lowest BCUT2D eigenvalue weighted by molar-refractivity contribution is 0.0343. The first kappa shape index (κ1) is 14.0. The van der Waals surface area contributed by atoms with Crippen LogP contribution in [0.4, 0.5) is 0 Å². The standard InChI is InChI=1S/C14H30/c1-8-10-12(3)14(6,7)13(4,5)11-9-2/h12H,8-11H2,1-7H3. The molecule has 1 unspecified atom stereocenters. The van der Waals surface area contributed by atoms with Gasteiger partial charge >= 0.3 is 0 Å². The molecule has 1 atom stereocenters. The van der Waals surface area contributed by atoms with E-state index in [9.17, 15) is 0 Å². The summed E-state index contributed by atoms with van der Waals surface area (Å²) in [5.74, 6) is 0.828. The van der Waals surface area contributed by atoms with E-state index >= 15 is 0 Å². The Morgan fingerprint density at radius 1 is 0.929 bits per heavy atom. The lowest BCUT2D eigenvalue weighted by atomic mass is 9.59. The smallest absolute Gasteiger partial charge is 0.0277 e.